The topological polar surface area (TPSA) is 124 Å². The second-order valence-corrected chi connectivity index (χ2v) is 12.7. The van der Waals surface area contributed by atoms with Gasteiger partial charge in [0.15, 0.2) is 9.84 Å². The van der Waals surface area contributed by atoms with Gasteiger partial charge in [-0.3, -0.25) is 9.78 Å². The van der Waals surface area contributed by atoms with Crippen molar-refractivity contribution in [3.8, 4) is 11.4 Å². The molecule has 4 heterocycles. The summed E-state index contributed by atoms with van der Waals surface area (Å²) in [6.07, 6.45) is 2.66. The molecule has 4 aromatic rings. The van der Waals surface area contributed by atoms with E-state index in [4.69, 9.17) is 19.4 Å². The molecule has 11 heteroatoms. The van der Waals surface area contributed by atoms with E-state index in [-0.39, 0.29) is 29.2 Å². The maximum Gasteiger partial charge on any atom is 0.251 e. The van der Waals surface area contributed by atoms with E-state index in [1.165, 1.54) is 13.2 Å². The Balaban J connectivity index is 1.34. The van der Waals surface area contributed by atoms with E-state index < -0.39 is 21.8 Å². The molecule has 1 fully saturated rings. The average molecular weight is 590 g/mol. The van der Waals surface area contributed by atoms with Crippen LogP contribution < -0.4 is 10.2 Å². The van der Waals surface area contributed by atoms with Gasteiger partial charge in [-0.25, -0.2) is 18.4 Å². The minimum atomic E-state index is -3.57. The number of anilines is 1. The number of hydrogen-bond donors (Lipinski definition) is 1. The highest BCUT2D eigenvalue weighted by atomic mass is 32.2. The molecule has 42 heavy (non-hydrogen) atoms. The van der Waals surface area contributed by atoms with Gasteiger partial charge in [0.2, 0.25) is 0 Å². The van der Waals surface area contributed by atoms with Crippen molar-refractivity contribution in [3.05, 3.63) is 77.6 Å². The molecule has 0 bridgehead atoms. The van der Waals surface area contributed by atoms with Crippen molar-refractivity contribution in [1.29, 1.82) is 0 Å². The Labute approximate surface area is 246 Å². The monoisotopic (exact) mass is 589 g/mol. The predicted octanol–water partition coefficient (Wildman–Crippen LogP) is 4.35. The van der Waals surface area contributed by atoms with E-state index >= 15 is 0 Å². The summed E-state index contributed by atoms with van der Waals surface area (Å²) >= 11 is 0. The van der Waals surface area contributed by atoms with Gasteiger partial charge in [-0.05, 0) is 68.8 Å². The zero-order valence-electron chi connectivity index (χ0n) is 24.4. The van der Waals surface area contributed by atoms with Crippen LogP contribution in [0.15, 0.2) is 65.7 Å². The standard InChI is InChI=1S/C31H35N5O5S/c1-19-17-36(18-20(2)41-19)30-8-6-7-26(35-30)27-12-10-23-15-32-24(14-28(23)34-27)16-33-31(37)22-9-11-25(21(3)40-4)29(13-22)42(5,38)39/h6-15,19-21H,16-18H2,1-5H3,(H,33,37)/t19-,20+,21-/m1/s1. The summed E-state index contributed by atoms with van der Waals surface area (Å²) in [7, 11) is -2.07. The molecule has 5 rings (SSSR count). The number of methoxy groups -OCH3 is 1. The molecule has 1 N–H and O–H groups in total. The van der Waals surface area contributed by atoms with E-state index in [1.54, 1.807) is 25.3 Å². The molecule has 1 aromatic carbocycles. The van der Waals surface area contributed by atoms with Gasteiger partial charge in [0, 0.05) is 43.6 Å². The van der Waals surface area contributed by atoms with Crippen molar-refractivity contribution in [1.82, 2.24) is 20.3 Å². The first kappa shape index (κ1) is 29.6. The highest BCUT2D eigenvalue weighted by molar-refractivity contribution is 7.90. The van der Waals surface area contributed by atoms with Crippen LogP contribution in [-0.2, 0) is 25.9 Å². The first-order valence-electron chi connectivity index (χ1n) is 13.8. The molecule has 3 aromatic heterocycles. The Hall–Kier alpha value is -3.93. The minimum Gasteiger partial charge on any atom is -0.377 e. The third-order valence-electron chi connectivity index (χ3n) is 7.27. The summed E-state index contributed by atoms with van der Waals surface area (Å²) in [6, 6.07) is 16.2. The lowest BCUT2D eigenvalue weighted by molar-refractivity contribution is -0.00545. The molecule has 0 spiro atoms. The molecular formula is C31H35N5O5S. The summed E-state index contributed by atoms with van der Waals surface area (Å²) in [5, 5.41) is 3.70. The first-order chi connectivity index (χ1) is 20.0. The number of carbonyl (C=O) groups excluding carboxylic acids is 1. The van der Waals surface area contributed by atoms with Gasteiger partial charge in [-0.1, -0.05) is 12.1 Å². The van der Waals surface area contributed by atoms with E-state index in [0.717, 1.165) is 47.5 Å². The fourth-order valence-electron chi connectivity index (χ4n) is 5.14. The average Bonchev–Trinajstić information content (AvgIpc) is 2.98. The van der Waals surface area contributed by atoms with Crippen molar-refractivity contribution in [2.24, 2.45) is 0 Å². The van der Waals surface area contributed by atoms with Crippen LogP contribution in [0.5, 0.6) is 0 Å². The summed E-state index contributed by atoms with van der Waals surface area (Å²) in [6.45, 7) is 7.59. The zero-order chi connectivity index (χ0) is 30.0. The van der Waals surface area contributed by atoms with Crippen LogP contribution in [0.2, 0.25) is 0 Å². The Morgan fingerprint density at radius 2 is 1.81 bits per heavy atom. The number of morpholine rings is 1. The summed E-state index contributed by atoms with van der Waals surface area (Å²) in [5.41, 5.74) is 3.58. The molecular weight excluding hydrogens is 554 g/mol. The Morgan fingerprint density at radius 1 is 1.07 bits per heavy atom. The Morgan fingerprint density at radius 3 is 2.52 bits per heavy atom. The normalized spacial score (nSPS) is 18.2. The van der Waals surface area contributed by atoms with Crippen LogP contribution in [0.4, 0.5) is 5.82 Å². The lowest BCUT2D eigenvalue weighted by atomic mass is 10.1. The second-order valence-electron chi connectivity index (χ2n) is 10.7. The van der Waals surface area contributed by atoms with Gasteiger partial charge >= 0.3 is 0 Å². The molecule has 3 atom stereocenters. The van der Waals surface area contributed by atoms with E-state index in [9.17, 15) is 13.2 Å². The number of sulfone groups is 1. The van der Waals surface area contributed by atoms with Crippen molar-refractivity contribution < 1.29 is 22.7 Å². The fraction of sp³-hybridized carbons (Fsp3) is 0.355. The van der Waals surface area contributed by atoms with Crippen molar-refractivity contribution in [2.45, 2.75) is 50.5 Å². The predicted molar refractivity (Wildman–Crippen MR) is 161 cm³/mol. The van der Waals surface area contributed by atoms with E-state index in [0.29, 0.717) is 11.3 Å². The van der Waals surface area contributed by atoms with Crippen molar-refractivity contribution >= 4 is 32.5 Å². The lowest BCUT2D eigenvalue weighted by Crippen LogP contribution is -2.45. The maximum atomic E-state index is 13.0. The number of aromatic nitrogens is 3. The molecule has 0 aliphatic carbocycles. The number of nitrogens with one attached hydrogen (secondary N) is 1. The van der Waals surface area contributed by atoms with Crippen LogP contribution in [0.3, 0.4) is 0 Å². The third-order valence-corrected chi connectivity index (χ3v) is 8.42. The second kappa shape index (κ2) is 12.1. The number of benzene rings is 1. The van der Waals surface area contributed by atoms with Crippen LogP contribution in [0.1, 0.15) is 48.5 Å². The number of fused-ring (bicyclic) bond motifs is 1. The van der Waals surface area contributed by atoms with Crippen LogP contribution in [0.25, 0.3) is 22.3 Å². The van der Waals surface area contributed by atoms with Crippen LogP contribution >= 0.6 is 0 Å². The van der Waals surface area contributed by atoms with Gasteiger partial charge in [0.1, 0.15) is 5.82 Å². The molecule has 1 saturated heterocycles. The van der Waals surface area contributed by atoms with Gasteiger partial charge in [-0.2, -0.15) is 0 Å². The van der Waals surface area contributed by atoms with Crippen LogP contribution in [-0.4, -0.2) is 67.9 Å². The van der Waals surface area contributed by atoms with Gasteiger partial charge < -0.3 is 19.7 Å². The molecule has 220 valence electrons. The zero-order valence-corrected chi connectivity index (χ0v) is 25.2. The molecule has 0 radical (unpaired) electrons. The summed E-state index contributed by atoms with van der Waals surface area (Å²) in [4.78, 5) is 29.5. The number of amides is 1. The summed E-state index contributed by atoms with van der Waals surface area (Å²) < 4.78 is 35.9. The number of rotatable bonds is 8. The molecule has 0 saturated carbocycles. The van der Waals surface area contributed by atoms with Crippen LogP contribution in [0, 0.1) is 0 Å². The van der Waals surface area contributed by atoms with Gasteiger partial charge in [0.25, 0.3) is 5.91 Å². The smallest absolute Gasteiger partial charge is 0.251 e. The van der Waals surface area contributed by atoms with Gasteiger partial charge in [0.05, 0.1) is 52.4 Å². The number of pyridine rings is 3. The Bertz CT molecular complexity index is 1720. The number of hydrogen-bond acceptors (Lipinski definition) is 9. The SMILES string of the molecule is CO[C@H](C)c1ccc(C(=O)NCc2cc3nc(-c4cccc(N5C[C@@H](C)O[C@@H](C)C5)n4)ccc3cn2)cc1S(C)(=O)=O. The van der Waals surface area contributed by atoms with Crippen molar-refractivity contribution in [3.63, 3.8) is 0 Å². The number of ether oxygens (including phenoxy) is 2. The Kier molecular flexibility index (Phi) is 8.53. The molecule has 1 aliphatic rings. The molecule has 10 nitrogen and oxygen atoms in total. The number of carbonyl (C=O) groups is 1. The largest absolute Gasteiger partial charge is 0.377 e. The lowest BCUT2D eigenvalue weighted by Gasteiger charge is -2.36. The molecule has 1 aliphatic heterocycles. The van der Waals surface area contributed by atoms with Gasteiger partial charge in [-0.15, -0.1) is 0 Å². The van der Waals surface area contributed by atoms with E-state index in [2.05, 4.69) is 29.0 Å². The minimum absolute atomic E-state index is 0.0698. The first-order valence-corrected chi connectivity index (χ1v) is 15.7. The van der Waals surface area contributed by atoms with Crippen molar-refractivity contribution in [2.75, 3.05) is 31.4 Å². The third kappa shape index (κ3) is 6.59. The maximum absolute atomic E-state index is 13.0. The highest BCUT2D eigenvalue weighted by Gasteiger charge is 2.24. The molecule has 0 unspecified atom stereocenters. The highest BCUT2D eigenvalue weighted by Crippen LogP contribution is 2.27. The summed E-state index contributed by atoms with van der Waals surface area (Å²) in [5.74, 6) is 0.478. The number of nitrogens with zero attached hydrogens (tertiary/aromatic N) is 4. The quantitative estimate of drug-likeness (QED) is 0.320. The fourth-order valence-corrected chi connectivity index (χ4v) is 6.14. The molecule has 1 amide bonds. The van der Waals surface area contributed by atoms with E-state index in [1.807, 2.05) is 36.4 Å².